The number of halogens is 1. The fourth-order valence-corrected chi connectivity index (χ4v) is 1.53. The highest BCUT2D eigenvalue weighted by molar-refractivity contribution is 5.46. The molecule has 0 radical (unpaired) electrons. The van der Waals surface area contributed by atoms with Crippen molar-refractivity contribution >= 4 is 5.69 Å². The third kappa shape index (κ3) is 3.56. The molecule has 5 heteroatoms. The largest absolute Gasteiger partial charge is 0.474 e. The van der Waals surface area contributed by atoms with Gasteiger partial charge in [0, 0.05) is 17.7 Å². The molecule has 0 aliphatic heterocycles. The van der Waals surface area contributed by atoms with E-state index in [4.69, 9.17) is 4.74 Å². The van der Waals surface area contributed by atoms with Gasteiger partial charge in [-0.1, -0.05) is 30.0 Å². The second-order valence-electron chi connectivity index (χ2n) is 3.83. The van der Waals surface area contributed by atoms with E-state index < -0.39 is 10.7 Å². The second kappa shape index (κ2) is 6.34. The van der Waals surface area contributed by atoms with Crippen molar-refractivity contribution in [3.05, 3.63) is 70.0 Å². The molecule has 0 N–H and O–H groups in total. The summed E-state index contributed by atoms with van der Waals surface area (Å²) in [4.78, 5) is 10.1. The van der Waals surface area contributed by atoms with Crippen LogP contribution >= 0.6 is 0 Å². The zero-order valence-corrected chi connectivity index (χ0v) is 10.4. The second-order valence-corrected chi connectivity index (χ2v) is 3.83. The maximum atomic E-state index is 13.0. The molecule has 2 aromatic rings. The quantitative estimate of drug-likeness (QED) is 0.489. The van der Waals surface area contributed by atoms with Crippen LogP contribution in [0.5, 0.6) is 5.75 Å². The lowest BCUT2D eigenvalue weighted by molar-refractivity contribution is -0.385. The number of rotatable bonds is 3. The molecule has 0 fully saturated rings. The summed E-state index contributed by atoms with van der Waals surface area (Å²) in [5.41, 5.74) is 0.526. The van der Waals surface area contributed by atoms with Crippen molar-refractivity contribution in [1.82, 2.24) is 0 Å². The molecule has 0 spiro atoms. The summed E-state index contributed by atoms with van der Waals surface area (Å²) in [5.74, 6) is 4.83. The molecule has 0 saturated heterocycles. The maximum Gasteiger partial charge on any atom is 0.311 e. The van der Waals surface area contributed by atoms with Gasteiger partial charge in [-0.25, -0.2) is 4.39 Å². The van der Waals surface area contributed by atoms with Crippen LogP contribution in [0.3, 0.4) is 0 Å². The standard InChI is InChI=1S/C15H10FNO3/c16-13-8-9-14(17(18)19)15(11-13)20-10-4-7-12-5-2-1-3-6-12/h1-3,5-6,8-9,11H,10H2. The highest BCUT2D eigenvalue weighted by Crippen LogP contribution is 2.27. The molecule has 0 bridgehead atoms. The zero-order chi connectivity index (χ0) is 14.4. The van der Waals surface area contributed by atoms with Crippen LogP contribution < -0.4 is 4.74 Å². The first kappa shape index (κ1) is 13.6. The van der Waals surface area contributed by atoms with Gasteiger partial charge in [0.1, 0.15) is 12.4 Å². The Morgan fingerprint density at radius 1 is 1.20 bits per heavy atom. The van der Waals surface area contributed by atoms with Gasteiger partial charge in [0.2, 0.25) is 5.75 Å². The number of hydrogen-bond donors (Lipinski definition) is 0. The number of hydrogen-bond acceptors (Lipinski definition) is 3. The molecule has 0 heterocycles. The predicted octanol–water partition coefficient (Wildman–Crippen LogP) is 3.16. The van der Waals surface area contributed by atoms with Crippen molar-refractivity contribution in [3.63, 3.8) is 0 Å². The Morgan fingerprint density at radius 3 is 2.65 bits per heavy atom. The Bertz CT molecular complexity index is 675. The lowest BCUT2D eigenvalue weighted by Gasteiger charge is -2.02. The molecule has 0 atom stereocenters. The van der Waals surface area contributed by atoms with E-state index in [-0.39, 0.29) is 18.0 Å². The van der Waals surface area contributed by atoms with E-state index in [2.05, 4.69) is 11.8 Å². The molecule has 0 aromatic heterocycles. The monoisotopic (exact) mass is 271 g/mol. The van der Waals surface area contributed by atoms with E-state index in [1.807, 2.05) is 30.3 Å². The molecule has 0 amide bonds. The van der Waals surface area contributed by atoms with Gasteiger partial charge in [0.05, 0.1) is 4.92 Å². The molecule has 2 rings (SSSR count). The molecule has 4 nitrogen and oxygen atoms in total. The molecular formula is C15H10FNO3. The van der Waals surface area contributed by atoms with E-state index in [0.717, 1.165) is 23.8 Å². The van der Waals surface area contributed by atoms with Crippen LogP contribution in [-0.4, -0.2) is 11.5 Å². The average Bonchev–Trinajstić information content (AvgIpc) is 2.44. The van der Waals surface area contributed by atoms with Crippen molar-refractivity contribution in [2.24, 2.45) is 0 Å². The molecule has 100 valence electrons. The Labute approximate surface area is 115 Å². The lowest BCUT2D eigenvalue weighted by Crippen LogP contribution is -1.99. The minimum absolute atomic E-state index is 0.0564. The molecule has 0 unspecified atom stereocenters. The minimum Gasteiger partial charge on any atom is -0.474 e. The van der Waals surface area contributed by atoms with Crippen molar-refractivity contribution in [3.8, 4) is 17.6 Å². The number of nitrogens with zero attached hydrogens (tertiary/aromatic N) is 1. The Hall–Kier alpha value is -2.87. The summed E-state index contributed by atoms with van der Waals surface area (Å²) in [5, 5.41) is 10.8. The van der Waals surface area contributed by atoms with Crippen LogP contribution in [-0.2, 0) is 0 Å². The van der Waals surface area contributed by atoms with E-state index in [9.17, 15) is 14.5 Å². The average molecular weight is 271 g/mol. The van der Waals surface area contributed by atoms with Gasteiger partial charge in [-0.15, -0.1) is 0 Å². The van der Waals surface area contributed by atoms with E-state index in [1.165, 1.54) is 0 Å². The topological polar surface area (TPSA) is 52.4 Å². The Kier molecular flexibility index (Phi) is 4.30. The SMILES string of the molecule is O=[N+]([O-])c1ccc(F)cc1OCC#Cc1ccccc1. The number of ether oxygens (including phenoxy) is 1. The van der Waals surface area contributed by atoms with Gasteiger partial charge in [0.15, 0.2) is 0 Å². The third-order valence-electron chi connectivity index (χ3n) is 2.42. The Balaban J connectivity index is 2.06. The van der Waals surface area contributed by atoms with Gasteiger partial charge in [-0.3, -0.25) is 10.1 Å². The highest BCUT2D eigenvalue weighted by Gasteiger charge is 2.15. The fraction of sp³-hybridized carbons (Fsp3) is 0.0667. The van der Waals surface area contributed by atoms with E-state index in [1.54, 1.807) is 0 Å². The molecule has 2 aromatic carbocycles. The number of benzene rings is 2. The summed E-state index contributed by atoms with van der Waals surface area (Å²) in [6.07, 6.45) is 0. The van der Waals surface area contributed by atoms with Crippen LogP contribution in [0.15, 0.2) is 48.5 Å². The zero-order valence-electron chi connectivity index (χ0n) is 10.4. The first-order valence-corrected chi connectivity index (χ1v) is 5.77. The summed E-state index contributed by atoms with van der Waals surface area (Å²) >= 11 is 0. The minimum atomic E-state index is -0.626. The summed E-state index contributed by atoms with van der Waals surface area (Å²) in [6.45, 7) is -0.0564. The van der Waals surface area contributed by atoms with Gasteiger partial charge < -0.3 is 4.74 Å². The normalized spacial score (nSPS) is 9.45. The van der Waals surface area contributed by atoms with E-state index >= 15 is 0 Å². The molecular weight excluding hydrogens is 261 g/mol. The summed E-state index contributed by atoms with van der Waals surface area (Å²) in [6, 6.07) is 12.3. The fourth-order valence-electron chi connectivity index (χ4n) is 1.53. The predicted molar refractivity (Wildman–Crippen MR) is 71.9 cm³/mol. The Morgan fingerprint density at radius 2 is 1.95 bits per heavy atom. The van der Waals surface area contributed by atoms with E-state index in [0.29, 0.717) is 0 Å². The molecule has 0 aliphatic carbocycles. The maximum absolute atomic E-state index is 13.0. The highest BCUT2D eigenvalue weighted by atomic mass is 19.1. The smallest absolute Gasteiger partial charge is 0.311 e. The van der Waals surface area contributed by atoms with Gasteiger partial charge in [-0.2, -0.15) is 0 Å². The van der Waals surface area contributed by atoms with Crippen molar-refractivity contribution in [2.45, 2.75) is 0 Å². The van der Waals surface area contributed by atoms with Crippen LogP contribution in [0.2, 0.25) is 0 Å². The van der Waals surface area contributed by atoms with Crippen molar-refractivity contribution in [1.29, 1.82) is 0 Å². The van der Waals surface area contributed by atoms with Crippen LogP contribution in [0.25, 0.3) is 0 Å². The van der Waals surface area contributed by atoms with Crippen molar-refractivity contribution in [2.75, 3.05) is 6.61 Å². The summed E-state index contributed by atoms with van der Waals surface area (Å²) < 4.78 is 18.2. The van der Waals surface area contributed by atoms with Crippen LogP contribution in [0.1, 0.15) is 5.56 Å². The van der Waals surface area contributed by atoms with Gasteiger partial charge in [-0.05, 0) is 18.2 Å². The molecule has 20 heavy (non-hydrogen) atoms. The summed E-state index contributed by atoms with van der Waals surface area (Å²) in [7, 11) is 0. The number of nitro benzene ring substituents is 1. The van der Waals surface area contributed by atoms with Gasteiger partial charge >= 0.3 is 5.69 Å². The molecule has 0 aliphatic rings. The first-order valence-electron chi connectivity index (χ1n) is 5.77. The van der Waals surface area contributed by atoms with Crippen LogP contribution in [0, 0.1) is 27.8 Å². The van der Waals surface area contributed by atoms with Crippen LogP contribution in [0.4, 0.5) is 10.1 Å². The third-order valence-corrected chi connectivity index (χ3v) is 2.42. The number of nitro groups is 1. The van der Waals surface area contributed by atoms with Crippen molar-refractivity contribution < 1.29 is 14.1 Å². The van der Waals surface area contributed by atoms with Gasteiger partial charge in [0.25, 0.3) is 0 Å². The first-order chi connectivity index (χ1) is 9.66. The molecule has 0 saturated carbocycles. The lowest BCUT2D eigenvalue weighted by atomic mass is 10.2.